The molecule has 2 N–H and O–H groups in total. The summed E-state index contributed by atoms with van der Waals surface area (Å²) in [6, 6.07) is 1.78. The maximum atomic E-state index is 12.3. The first-order valence-corrected chi connectivity index (χ1v) is 6.82. The topological polar surface area (TPSA) is 72.1 Å². The molecule has 0 aromatic carbocycles. The molecule has 0 saturated heterocycles. The molecule has 5 nitrogen and oxygen atoms in total. The van der Waals surface area contributed by atoms with Gasteiger partial charge >= 0.3 is 0 Å². The Morgan fingerprint density at radius 3 is 3.11 bits per heavy atom. The van der Waals surface area contributed by atoms with Crippen molar-refractivity contribution in [3.8, 4) is 0 Å². The molecule has 2 rings (SSSR count). The molecule has 0 radical (unpaired) electrons. The molecule has 0 bridgehead atoms. The Morgan fingerprint density at radius 2 is 2.42 bits per heavy atom. The van der Waals surface area contributed by atoms with E-state index >= 15 is 0 Å². The number of unbranched alkanes of at least 4 members (excludes halogenated alkanes) is 1. The van der Waals surface area contributed by atoms with Gasteiger partial charge in [0.2, 0.25) is 0 Å². The molecule has 0 fully saturated rings. The minimum absolute atomic E-state index is 0.0652. The number of fused-ring (bicyclic) bond motifs is 1. The largest absolute Gasteiger partial charge is 0.397 e. The SMILES string of the molecule is C=CCCCN(C)C(=O)c1sc2nnccc2c1N. The Balaban J connectivity index is 2.21. The summed E-state index contributed by atoms with van der Waals surface area (Å²) in [6.07, 6.45) is 5.22. The van der Waals surface area contributed by atoms with E-state index in [2.05, 4.69) is 16.8 Å². The van der Waals surface area contributed by atoms with Gasteiger partial charge in [-0.3, -0.25) is 4.79 Å². The zero-order chi connectivity index (χ0) is 13.8. The monoisotopic (exact) mass is 276 g/mol. The Hall–Kier alpha value is -1.95. The van der Waals surface area contributed by atoms with Crippen molar-refractivity contribution in [2.75, 3.05) is 19.3 Å². The lowest BCUT2D eigenvalue weighted by molar-refractivity contribution is 0.0799. The van der Waals surface area contributed by atoms with Crippen molar-refractivity contribution in [3.63, 3.8) is 0 Å². The van der Waals surface area contributed by atoms with Gasteiger partial charge in [0, 0.05) is 19.0 Å². The van der Waals surface area contributed by atoms with Crippen LogP contribution in [-0.4, -0.2) is 34.6 Å². The van der Waals surface area contributed by atoms with E-state index in [9.17, 15) is 4.79 Å². The smallest absolute Gasteiger partial charge is 0.265 e. The molecule has 0 spiro atoms. The molecule has 2 aromatic rings. The number of carbonyl (C=O) groups is 1. The normalized spacial score (nSPS) is 10.6. The second-order valence-electron chi connectivity index (χ2n) is 4.25. The average molecular weight is 276 g/mol. The summed E-state index contributed by atoms with van der Waals surface area (Å²) in [7, 11) is 1.78. The molecule has 6 heteroatoms. The molecule has 19 heavy (non-hydrogen) atoms. The molecule has 0 aliphatic heterocycles. The first-order valence-electron chi connectivity index (χ1n) is 6.01. The molecule has 100 valence electrons. The summed E-state index contributed by atoms with van der Waals surface area (Å²) in [6.45, 7) is 4.35. The Labute approximate surface area is 115 Å². The van der Waals surface area contributed by atoms with Crippen molar-refractivity contribution >= 4 is 33.1 Å². The number of aromatic nitrogens is 2. The van der Waals surface area contributed by atoms with Crippen LogP contribution in [0.5, 0.6) is 0 Å². The maximum absolute atomic E-state index is 12.3. The molecule has 2 aromatic heterocycles. The molecular formula is C13H16N4OS. The van der Waals surface area contributed by atoms with Gasteiger partial charge in [-0.2, -0.15) is 5.10 Å². The Bertz CT molecular complexity index is 608. The minimum Gasteiger partial charge on any atom is -0.397 e. The van der Waals surface area contributed by atoms with Gasteiger partial charge in [-0.05, 0) is 18.9 Å². The lowest BCUT2D eigenvalue weighted by Crippen LogP contribution is -2.27. The van der Waals surface area contributed by atoms with Crippen LogP contribution in [0.15, 0.2) is 24.9 Å². The van der Waals surface area contributed by atoms with Gasteiger partial charge in [0.05, 0.1) is 11.9 Å². The summed E-state index contributed by atoms with van der Waals surface area (Å²) < 4.78 is 0. The first kappa shape index (κ1) is 13.5. The predicted molar refractivity (Wildman–Crippen MR) is 78.2 cm³/mol. The van der Waals surface area contributed by atoms with Gasteiger partial charge in [0.1, 0.15) is 9.71 Å². The fourth-order valence-corrected chi connectivity index (χ4v) is 2.81. The molecular weight excluding hydrogens is 260 g/mol. The lowest BCUT2D eigenvalue weighted by atomic mass is 10.2. The van der Waals surface area contributed by atoms with E-state index in [1.165, 1.54) is 11.3 Å². The fraction of sp³-hybridized carbons (Fsp3) is 0.308. The van der Waals surface area contributed by atoms with Gasteiger partial charge in [-0.25, -0.2) is 0 Å². The average Bonchev–Trinajstić information content (AvgIpc) is 2.76. The van der Waals surface area contributed by atoms with E-state index in [-0.39, 0.29) is 5.91 Å². The first-order chi connectivity index (χ1) is 9.15. The van der Waals surface area contributed by atoms with E-state index in [4.69, 9.17) is 5.73 Å². The third kappa shape index (κ3) is 2.73. The number of anilines is 1. The zero-order valence-electron chi connectivity index (χ0n) is 10.8. The zero-order valence-corrected chi connectivity index (χ0v) is 11.6. The molecule has 1 amide bonds. The third-order valence-electron chi connectivity index (χ3n) is 2.86. The van der Waals surface area contributed by atoms with Crippen LogP contribution in [0, 0.1) is 0 Å². The number of hydrogen-bond donors (Lipinski definition) is 1. The van der Waals surface area contributed by atoms with Crippen molar-refractivity contribution in [3.05, 3.63) is 29.8 Å². The standard InChI is InChI=1S/C13H16N4OS/c1-3-4-5-8-17(2)13(18)11-10(14)9-6-7-15-16-12(9)19-11/h3,6-7H,1,4-5,8,14H2,2H3. The number of nitrogens with two attached hydrogens (primary N) is 1. The van der Waals surface area contributed by atoms with Gasteiger partial charge in [-0.1, -0.05) is 6.08 Å². The molecule has 0 saturated carbocycles. The number of hydrogen-bond acceptors (Lipinski definition) is 5. The minimum atomic E-state index is -0.0652. The van der Waals surface area contributed by atoms with Crippen LogP contribution in [0.1, 0.15) is 22.5 Å². The van der Waals surface area contributed by atoms with Crippen LogP contribution in [0.3, 0.4) is 0 Å². The number of nitrogens with zero attached hydrogens (tertiary/aromatic N) is 3. The van der Waals surface area contributed by atoms with Crippen LogP contribution in [-0.2, 0) is 0 Å². The highest BCUT2D eigenvalue weighted by molar-refractivity contribution is 7.21. The lowest BCUT2D eigenvalue weighted by Gasteiger charge is -2.15. The van der Waals surface area contributed by atoms with E-state index < -0.39 is 0 Å². The second-order valence-corrected chi connectivity index (χ2v) is 5.25. The van der Waals surface area contributed by atoms with Crippen LogP contribution < -0.4 is 5.73 Å². The number of allylic oxidation sites excluding steroid dienone is 1. The van der Waals surface area contributed by atoms with Crippen molar-refractivity contribution in [1.82, 2.24) is 15.1 Å². The summed E-state index contributed by atoms with van der Waals surface area (Å²) in [4.78, 5) is 15.2. The summed E-state index contributed by atoms with van der Waals surface area (Å²) in [5, 5.41) is 8.58. The number of amides is 1. The molecule has 0 atom stereocenters. The summed E-state index contributed by atoms with van der Waals surface area (Å²) in [5.74, 6) is -0.0652. The molecule has 0 aliphatic carbocycles. The van der Waals surface area contributed by atoms with Gasteiger partial charge in [0.25, 0.3) is 5.91 Å². The van der Waals surface area contributed by atoms with Crippen molar-refractivity contribution in [1.29, 1.82) is 0 Å². The van der Waals surface area contributed by atoms with E-state index in [0.29, 0.717) is 21.9 Å². The number of thiophene rings is 1. The van der Waals surface area contributed by atoms with E-state index in [1.54, 1.807) is 24.2 Å². The number of carbonyl (C=O) groups excluding carboxylic acids is 1. The molecule has 0 unspecified atom stereocenters. The quantitative estimate of drug-likeness (QED) is 0.672. The summed E-state index contributed by atoms with van der Waals surface area (Å²) >= 11 is 1.29. The highest BCUT2D eigenvalue weighted by Gasteiger charge is 2.19. The third-order valence-corrected chi connectivity index (χ3v) is 3.96. The van der Waals surface area contributed by atoms with Gasteiger partial charge in [0.15, 0.2) is 0 Å². The van der Waals surface area contributed by atoms with Crippen molar-refractivity contribution < 1.29 is 4.79 Å². The van der Waals surface area contributed by atoms with Gasteiger partial charge < -0.3 is 10.6 Å². The Kier molecular flexibility index (Phi) is 4.11. The van der Waals surface area contributed by atoms with Crippen LogP contribution in [0.4, 0.5) is 5.69 Å². The van der Waals surface area contributed by atoms with E-state index in [1.807, 2.05) is 6.08 Å². The fourth-order valence-electron chi connectivity index (χ4n) is 1.78. The van der Waals surface area contributed by atoms with Crippen LogP contribution in [0.2, 0.25) is 0 Å². The predicted octanol–water partition coefficient (Wildman–Crippen LogP) is 2.31. The maximum Gasteiger partial charge on any atom is 0.265 e. The highest BCUT2D eigenvalue weighted by Crippen LogP contribution is 2.32. The Morgan fingerprint density at radius 1 is 1.63 bits per heavy atom. The van der Waals surface area contributed by atoms with E-state index in [0.717, 1.165) is 18.2 Å². The van der Waals surface area contributed by atoms with Crippen molar-refractivity contribution in [2.24, 2.45) is 0 Å². The molecule has 0 aliphatic rings. The van der Waals surface area contributed by atoms with Crippen LogP contribution >= 0.6 is 11.3 Å². The number of nitrogen functional groups attached to an aromatic ring is 1. The number of rotatable bonds is 5. The van der Waals surface area contributed by atoms with Crippen LogP contribution in [0.25, 0.3) is 10.2 Å². The van der Waals surface area contributed by atoms with Gasteiger partial charge in [-0.15, -0.1) is 23.0 Å². The highest BCUT2D eigenvalue weighted by atomic mass is 32.1. The van der Waals surface area contributed by atoms with Crippen molar-refractivity contribution in [2.45, 2.75) is 12.8 Å². The summed E-state index contributed by atoms with van der Waals surface area (Å²) in [5.41, 5.74) is 6.51. The second kappa shape index (κ2) is 5.79. The molecule has 2 heterocycles.